The number of carbonyl (C=O) groups is 3. The highest BCUT2D eigenvalue weighted by Crippen LogP contribution is 2.58. The number of aliphatic hydroxyl groups excluding tert-OH is 1. The van der Waals surface area contributed by atoms with Crippen LogP contribution in [0.4, 0.5) is 0 Å². The van der Waals surface area contributed by atoms with Gasteiger partial charge in [0.15, 0.2) is 11.6 Å². The summed E-state index contributed by atoms with van der Waals surface area (Å²) in [6, 6.07) is 0. The molecule has 1 aliphatic heterocycles. The third kappa shape index (κ3) is 3.01. The van der Waals surface area contributed by atoms with Gasteiger partial charge in [0.2, 0.25) is 0 Å². The molecule has 0 aromatic heterocycles. The lowest BCUT2D eigenvalue weighted by Crippen LogP contribution is -2.31. The Morgan fingerprint density at radius 1 is 1.36 bits per heavy atom. The molecular weight excluding hydrogens is 320 g/mol. The van der Waals surface area contributed by atoms with Crippen LogP contribution in [0.3, 0.4) is 0 Å². The van der Waals surface area contributed by atoms with Crippen LogP contribution >= 0.6 is 0 Å². The Hall–Kier alpha value is -2.01. The van der Waals surface area contributed by atoms with E-state index in [9.17, 15) is 19.5 Å². The van der Waals surface area contributed by atoms with Gasteiger partial charge in [-0.3, -0.25) is 9.59 Å². The van der Waals surface area contributed by atoms with Crippen molar-refractivity contribution in [1.29, 1.82) is 0 Å². The molecule has 5 nitrogen and oxygen atoms in total. The van der Waals surface area contributed by atoms with Gasteiger partial charge in [-0.05, 0) is 50.8 Å². The first kappa shape index (κ1) is 17.8. The van der Waals surface area contributed by atoms with Gasteiger partial charge < -0.3 is 9.84 Å². The van der Waals surface area contributed by atoms with E-state index in [2.05, 4.69) is 6.58 Å². The molecule has 2 aliphatic carbocycles. The maximum Gasteiger partial charge on any atom is 0.334 e. The van der Waals surface area contributed by atoms with Crippen molar-refractivity contribution in [2.75, 3.05) is 0 Å². The van der Waals surface area contributed by atoms with E-state index in [4.69, 9.17) is 4.74 Å². The monoisotopic (exact) mass is 344 g/mol. The molecule has 0 aromatic carbocycles. The number of ketones is 2. The topological polar surface area (TPSA) is 80.7 Å². The quantitative estimate of drug-likeness (QED) is 0.583. The van der Waals surface area contributed by atoms with Crippen molar-refractivity contribution in [3.63, 3.8) is 0 Å². The second kappa shape index (κ2) is 6.06. The van der Waals surface area contributed by atoms with Gasteiger partial charge in [0.25, 0.3) is 0 Å². The van der Waals surface area contributed by atoms with Crippen molar-refractivity contribution in [3.05, 3.63) is 35.5 Å². The maximum absolute atomic E-state index is 12.5. The molecule has 3 aliphatic rings. The van der Waals surface area contributed by atoms with Crippen LogP contribution in [0, 0.1) is 17.3 Å². The highest BCUT2D eigenvalue weighted by Gasteiger charge is 2.60. The van der Waals surface area contributed by atoms with Crippen LogP contribution in [-0.2, 0) is 19.1 Å². The van der Waals surface area contributed by atoms with Gasteiger partial charge in [-0.2, -0.15) is 0 Å². The Balaban J connectivity index is 1.98. The van der Waals surface area contributed by atoms with E-state index in [-0.39, 0.29) is 23.2 Å². The van der Waals surface area contributed by atoms with E-state index in [0.717, 1.165) is 0 Å². The van der Waals surface area contributed by atoms with E-state index in [1.165, 1.54) is 6.08 Å². The summed E-state index contributed by atoms with van der Waals surface area (Å²) in [5, 5.41) is 10.5. The number of hydrogen-bond donors (Lipinski definition) is 1. The van der Waals surface area contributed by atoms with Gasteiger partial charge in [-0.25, -0.2) is 4.79 Å². The zero-order valence-corrected chi connectivity index (χ0v) is 14.9. The highest BCUT2D eigenvalue weighted by molar-refractivity contribution is 6.06. The Morgan fingerprint density at radius 2 is 2.04 bits per heavy atom. The number of carbonyl (C=O) groups excluding carboxylic acids is 3. The van der Waals surface area contributed by atoms with Crippen LogP contribution in [0.1, 0.15) is 40.0 Å². The van der Waals surface area contributed by atoms with Crippen LogP contribution in [0.2, 0.25) is 0 Å². The molecule has 134 valence electrons. The molecule has 0 saturated heterocycles. The fraction of sp³-hybridized carbons (Fsp3) is 0.550. The second-order valence-electron chi connectivity index (χ2n) is 7.81. The lowest BCUT2D eigenvalue weighted by molar-refractivity contribution is -0.142. The van der Waals surface area contributed by atoms with Crippen LogP contribution in [0.5, 0.6) is 0 Å². The lowest BCUT2D eigenvalue weighted by Gasteiger charge is -2.22. The van der Waals surface area contributed by atoms with Crippen LogP contribution in [-0.4, -0.2) is 34.9 Å². The Bertz CT molecular complexity index is 728. The van der Waals surface area contributed by atoms with Crippen LogP contribution in [0.25, 0.3) is 0 Å². The summed E-state index contributed by atoms with van der Waals surface area (Å²) < 4.78 is 5.49. The summed E-state index contributed by atoms with van der Waals surface area (Å²) in [7, 11) is 0. The first-order valence-electron chi connectivity index (χ1n) is 8.66. The predicted molar refractivity (Wildman–Crippen MR) is 91.5 cm³/mol. The van der Waals surface area contributed by atoms with E-state index in [1.807, 2.05) is 13.0 Å². The van der Waals surface area contributed by atoms with Crippen molar-refractivity contribution >= 4 is 17.5 Å². The molecule has 0 amide bonds. The van der Waals surface area contributed by atoms with E-state index >= 15 is 0 Å². The predicted octanol–water partition coefficient (Wildman–Crippen LogP) is 2.30. The summed E-state index contributed by atoms with van der Waals surface area (Å²) in [6.45, 7) is 9.11. The average molecular weight is 344 g/mol. The number of hydrogen-bond acceptors (Lipinski definition) is 5. The molecule has 2 bridgehead atoms. The summed E-state index contributed by atoms with van der Waals surface area (Å²) >= 11 is 0. The van der Waals surface area contributed by atoms with E-state index in [1.54, 1.807) is 13.8 Å². The summed E-state index contributed by atoms with van der Waals surface area (Å²) in [4.78, 5) is 37.2. The minimum atomic E-state index is -1.26. The first-order chi connectivity index (χ1) is 11.6. The van der Waals surface area contributed by atoms with Gasteiger partial charge in [0.05, 0.1) is 0 Å². The Morgan fingerprint density at radius 3 is 2.68 bits per heavy atom. The van der Waals surface area contributed by atoms with Crippen molar-refractivity contribution in [2.45, 2.75) is 52.2 Å². The fourth-order valence-corrected chi connectivity index (χ4v) is 3.89. The molecule has 0 radical (unpaired) electrons. The molecule has 1 saturated carbocycles. The minimum absolute atomic E-state index is 0.149. The fourth-order valence-electron chi connectivity index (χ4n) is 3.89. The number of allylic oxidation sites excluding steroid dienone is 1. The smallest absolute Gasteiger partial charge is 0.334 e. The molecule has 25 heavy (non-hydrogen) atoms. The van der Waals surface area contributed by atoms with Crippen molar-refractivity contribution in [2.24, 2.45) is 17.3 Å². The standard InChI is InChI=1S/C20H24O5/c1-10(2)13-6-5-12-8-16(25-19(12)24)20(4)9-14(20)15(21)7-11(3)17(22)18(13)23/h7-8,13-14,16,18,23H,1,5-6,9H2,2-4H3. The Kier molecular flexibility index (Phi) is 4.31. The molecule has 1 fully saturated rings. The molecule has 0 aromatic rings. The third-order valence-corrected chi connectivity index (χ3v) is 5.88. The molecule has 5 unspecified atom stereocenters. The zero-order valence-electron chi connectivity index (χ0n) is 14.9. The number of fused-ring (bicyclic) bond motifs is 3. The second-order valence-corrected chi connectivity index (χ2v) is 7.81. The van der Waals surface area contributed by atoms with Gasteiger partial charge in [-0.1, -0.05) is 19.1 Å². The van der Waals surface area contributed by atoms with Crippen molar-refractivity contribution in [3.8, 4) is 0 Å². The van der Waals surface area contributed by atoms with E-state index < -0.39 is 29.3 Å². The SMILES string of the molecule is C=C(C)C1CCC2=CC(OC2=O)C2(C)CC2C(=O)C=C(C)C(=O)C1O. The number of Topliss-reactive ketones (excluding diaryl/α,β-unsaturated/α-hetero) is 1. The number of rotatable bonds is 1. The number of aliphatic hydroxyl groups is 1. The molecular formula is C20H24O5. The average Bonchev–Trinajstić information content (AvgIpc) is 3.10. The number of esters is 1. The summed E-state index contributed by atoms with van der Waals surface area (Å²) in [6.07, 6.45) is 2.95. The van der Waals surface area contributed by atoms with Gasteiger partial charge in [0.1, 0.15) is 12.2 Å². The largest absolute Gasteiger partial charge is 0.454 e. The van der Waals surface area contributed by atoms with Crippen molar-refractivity contribution < 1.29 is 24.2 Å². The zero-order chi connectivity index (χ0) is 18.5. The maximum atomic E-state index is 12.5. The molecule has 3 rings (SSSR count). The van der Waals surface area contributed by atoms with Gasteiger partial charge in [-0.15, -0.1) is 0 Å². The Labute approximate surface area is 147 Å². The summed E-state index contributed by atoms with van der Waals surface area (Å²) in [5.74, 6) is -1.70. The van der Waals surface area contributed by atoms with E-state index in [0.29, 0.717) is 30.4 Å². The van der Waals surface area contributed by atoms with Gasteiger partial charge in [0, 0.05) is 22.8 Å². The molecule has 5 atom stereocenters. The van der Waals surface area contributed by atoms with Crippen LogP contribution in [0.15, 0.2) is 35.5 Å². The lowest BCUT2D eigenvalue weighted by atomic mass is 9.85. The van der Waals surface area contributed by atoms with Crippen molar-refractivity contribution in [1.82, 2.24) is 0 Å². The molecule has 5 heteroatoms. The first-order valence-corrected chi connectivity index (χ1v) is 8.66. The number of ether oxygens (including phenoxy) is 1. The molecule has 0 spiro atoms. The third-order valence-electron chi connectivity index (χ3n) is 5.88. The molecule has 1 N–H and O–H groups in total. The summed E-state index contributed by atoms with van der Waals surface area (Å²) in [5.41, 5.74) is 1.08. The highest BCUT2D eigenvalue weighted by atomic mass is 16.5. The normalized spacial score (nSPS) is 38.5. The van der Waals surface area contributed by atoms with Crippen LogP contribution < -0.4 is 0 Å². The molecule has 1 heterocycles. The van der Waals surface area contributed by atoms with Gasteiger partial charge >= 0.3 is 5.97 Å². The minimum Gasteiger partial charge on any atom is -0.454 e.